The van der Waals surface area contributed by atoms with Crippen molar-refractivity contribution in [3.05, 3.63) is 47.9 Å². The van der Waals surface area contributed by atoms with Gasteiger partial charge in [-0.25, -0.2) is 4.79 Å². The maximum atomic E-state index is 13.1. The Labute approximate surface area is 181 Å². The lowest BCUT2D eigenvalue weighted by molar-refractivity contribution is -0.143. The summed E-state index contributed by atoms with van der Waals surface area (Å²) in [6.07, 6.45) is 11.7. The van der Waals surface area contributed by atoms with E-state index in [1.165, 1.54) is 0 Å². The number of nitrogens with zero attached hydrogens (tertiary/aromatic N) is 1. The van der Waals surface area contributed by atoms with Crippen LogP contribution in [0.25, 0.3) is 0 Å². The van der Waals surface area contributed by atoms with E-state index in [1.54, 1.807) is 20.8 Å². The molecule has 31 heavy (non-hydrogen) atoms. The maximum absolute atomic E-state index is 13.1. The van der Waals surface area contributed by atoms with Gasteiger partial charge in [-0.2, -0.15) is 0 Å². The highest BCUT2D eigenvalue weighted by molar-refractivity contribution is 6.02. The molecule has 1 fully saturated rings. The molecule has 0 radical (unpaired) electrons. The highest BCUT2D eigenvalue weighted by Gasteiger charge is 2.57. The molecule has 4 aliphatic rings. The Hall–Kier alpha value is -3.16. The van der Waals surface area contributed by atoms with Crippen molar-refractivity contribution in [2.24, 2.45) is 17.3 Å². The van der Waals surface area contributed by atoms with Crippen molar-refractivity contribution in [2.75, 3.05) is 6.67 Å². The summed E-state index contributed by atoms with van der Waals surface area (Å²) in [7, 11) is 0. The minimum Gasteiger partial charge on any atom is -0.444 e. The molecule has 3 unspecified atom stereocenters. The molecule has 1 saturated heterocycles. The van der Waals surface area contributed by atoms with Gasteiger partial charge in [0, 0.05) is 30.7 Å². The smallest absolute Gasteiger partial charge is 0.409 e. The molecule has 0 aromatic rings. The number of hydrogen-bond donors (Lipinski definition) is 2. The molecule has 0 aromatic heterocycles. The Morgan fingerprint density at radius 2 is 2.06 bits per heavy atom. The zero-order valence-corrected chi connectivity index (χ0v) is 17.9. The van der Waals surface area contributed by atoms with E-state index in [-0.39, 0.29) is 31.2 Å². The van der Waals surface area contributed by atoms with Gasteiger partial charge in [0.2, 0.25) is 11.8 Å². The monoisotopic (exact) mass is 425 g/mol. The van der Waals surface area contributed by atoms with Crippen LogP contribution in [0.5, 0.6) is 0 Å². The zero-order chi connectivity index (χ0) is 22.4. The average molecular weight is 425 g/mol. The SMILES string of the molecule is CC(C)(C)OC(=O)NCN1C=C2C=CC=CC23C1=CCC(=O)C3C1CCC(=O)NC1=O. The van der Waals surface area contributed by atoms with Crippen molar-refractivity contribution in [1.29, 1.82) is 0 Å². The number of nitrogens with one attached hydrogen (secondary N) is 2. The van der Waals surface area contributed by atoms with E-state index >= 15 is 0 Å². The van der Waals surface area contributed by atoms with Crippen LogP contribution in [0.15, 0.2) is 47.9 Å². The van der Waals surface area contributed by atoms with E-state index in [0.29, 0.717) is 6.42 Å². The fraction of sp³-hybridized carbons (Fsp3) is 0.478. The van der Waals surface area contributed by atoms with Gasteiger partial charge in [0.1, 0.15) is 11.4 Å². The molecule has 2 aliphatic heterocycles. The summed E-state index contributed by atoms with van der Waals surface area (Å²) in [5.41, 5.74) is 0.340. The normalized spacial score (nSPS) is 29.6. The molecule has 0 saturated carbocycles. The molecule has 0 bridgehead atoms. The van der Waals surface area contributed by atoms with Gasteiger partial charge < -0.3 is 15.0 Å². The molecular weight excluding hydrogens is 398 g/mol. The van der Waals surface area contributed by atoms with Crippen molar-refractivity contribution in [3.8, 4) is 0 Å². The second kappa shape index (κ2) is 7.51. The summed E-state index contributed by atoms with van der Waals surface area (Å²) in [5.74, 6) is -1.92. The number of Topliss-reactive ketones (excluding diaryl/α,β-unsaturated/α-hetero) is 1. The van der Waals surface area contributed by atoms with Crippen LogP contribution >= 0.6 is 0 Å². The van der Waals surface area contributed by atoms with Gasteiger partial charge in [-0.3, -0.25) is 19.7 Å². The van der Waals surface area contributed by atoms with Crippen LogP contribution in [0.3, 0.4) is 0 Å². The number of ether oxygens (including phenoxy) is 1. The number of hydrogen-bond acceptors (Lipinski definition) is 6. The number of ketones is 1. The number of carbonyl (C=O) groups is 4. The van der Waals surface area contributed by atoms with Crippen LogP contribution in [-0.4, -0.2) is 40.9 Å². The van der Waals surface area contributed by atoms with Crippen LogP contribution in [-0.2, 0) is 19.1 Å². The summed E-state index contributed by atoms with van der Waals surface area (Å²) < 4.78 is 5.32. The molecule has 2 aliphatic carbocycles. The van der Waals surface area contributed by atoms with Crippen molar-refractivity contribution < 1.29 is 23.9 Å². The van der Waals surface area contributed by atoms with Crippen molar-refractivity contribution in [3.63, 3.8) is 0 Å². The fourth-order valence-corrected chi connectivity index (χ4v) is 4.93. The molecule has 164 valence electrons. The first-order valence-electron chi connectivity index (χ1n) is 10.5. The van der Waals surface area contributed by atoms with Crippen molar-refractivity contribution in [2.45, 2.75) is 45.6 Å². The first-order chi connectivity index (χ1) is 14.6. The fourth-order valence-electron chi connectivity index (χ4n) is 4.93. The first kappa shape index (κ1) is 21.1. The molecular formula is C23H27N3O5. The average Bonchev–Trinajstić information content (AvgIpc) is 3.00. The van der Waals surface area contributed by atoms with Gasteiger partial charge in [0.25, 0.3) is 0 Å². The summed E-state index contributed by atoms with van der Waals surface area (Å²) in [5, 5.41) is 5.16. The zero-order valence-electron chi connectivity index (χ0n) is 17.9. The van der Waals surface area contributed by atoms with Crippen LogP contribution in [0, 0.1) is 17.3 Å². The van der Waals surface area contributed by atoms with Gasteiger partial charge >= 0.3 is 6.09 Å². The number of allylic oxidation sites excluding steroid dienone is 5. The van der Waals surface area contributed by atoms with Crippen molar-refractivity contribution in [1.82, 2.24) is 15.5 Å². The van der Waals surface area contributed by atoms with E-state index in [1.807, 2.05) is 41.5 Å². The van der Waals surface area contributed by atoms with Crippen molar-refractivity contribution >= 4 is 23.7 Å². The molecule has 3 atom stereocenters. The molecule has 1 spiro atoms. The molecule has 2 N–H and O–H groups in total. The molecule has 3 amide bonds. The number of imide groups is 1. The van der Waals surface area contributed by atoms with E-state index < -0.39 is 34.9 Å². The van der Waals surface area contributed by atoms with Crippen LogP contribution in [0.1, 0.15) is 40.0 Å². The Morgan fingerprint density at radius 3 is 2.77 bits per heavy atom. The lowest BCUT2D eigenvalue weighted by atomic mass is 9.58. The summed E-state index contributed by atoms with van der Waals surface area (Å²) in [6.45, 7) is 5.56. The number of rotatable bonds is 3. The van der Waals surface area contributed by atoms with E-state index in [2.05, 4.69) is 10.6 Å². The van der Waals surface area contributed by atoms with E-state index in [4.69, 9.17) is 4.74 Å². The largest absolute Gasteiger partial charge is 0.444 e. The number of piperidine rings is 1. The lowest BCUT2D eigenvalue weighted by Gasteiger charge is -2.45. The van der Waals surface area contributed by atoms with Gasteiger partial charge in [-0.1, -0.05) is 30.4 Å². The minimum absolute atomic E-state index is 0.0222. The summed E-state index contributed by atoms with van der Waals surface area (Å²) >= 11 is 0. The molecule has 2 heterocycles. The predicted molar refractivity (Wildman–Crippen MR) is 112 cm³/mol. The van der Waals surface area contributed by atoms with Gasteiger partial charge in [-0.05, 0) is 32.8 Å². The number of amides is 3. The standard InChI is InChI=1S/C23H27N3O5/c1-22(2,3)31-21(30)24-13-26-12-14-6-4-5-11-23(14)17(26)9-8-16(27)19(23)15-7-10-18(28)25-20(15)29/h4-6,9,11-12,15,19H,7-8,10,13H2,1-3H3,(H,24,30)(H,25,28,29). The Balaban J connectivity index is 1.64. The lowest BCUT2D eigenvalue weighted by Crippen LogP contribution is -2.52. The molecule has 4 rings (SSSR count). The van der Waals surface area contributed by atoms with Gasteiger partial charge in [0.05, 0.1) is 18.0 Å². The maximum Gasteiger partial charge on any atom is 0.409 e. The van der Waals surface area contributed by atoms with Crippen LogP contribution in [0.4, 0.5) is 4.79 Å². The van der Waals surface area contributed by atoms with Crippen LogP contribution < -0.4 is 10.6 Å². The van der Waals surface area contributed by atoms with Gasteiger partial charge in [-0.15, -0.1) is 0 Å². The molecule has 8 nitrogen and oxygen atoms in total. The quantitative estimate of drug-likeness (QED) is 0.673. The second-order valence-corrected chi connectivity index (χ2v) is 9.27. The second-order valence-electron chi connectivity index (χ2n) is 9.27. The first-order valence-corrected chi connectivity index (χ1v) is 10.5. The Kier molecular flexibility index (Phi) is 5.11. The number of alkyl carbamates (subject to hydrolysis) is 1. The van der Waals surface area contributed by atoms with E-state index in [0.717, 1.165) is 11.3 Å². The third-order valence-corrected chi connectivity index (χ3v) is 6.06. The van der Waals surface area contributed by atoms with E-state index in [9.17, 15) is 19.2 Å². The van der Waals surface area contributed by atoms with Gasteiger partial charge in [0.15, 0.2) is 0 Å². The minimum atomic E-state index is -0.790. The Morgan fingerprint density at radius 1 is 1.29 bits per heavy atom. The Bertz CT molecular complexity index is 968. The topological polar surface area (TPSA) is 105 Å². The predicted octanol–water partition coefficient (Wildman–Crippen LogP) is 2.31. The third-order valence-electron chi connectivity index (χ3n) is 6.06. The summed E-state index contributed by atoms with van der Waals surface area (Å²) in [4.78, 5) is 51.5. The highest BCUT2D eigenvalue weighted by atomic mass is 16.6. The molecule has 8 heteroatoms. The molecule has 0 aromatic carbocycles. The highest BCUT2D eigenvalue weighted by Crippen LogP contribution is 2.57. The third kappa shape index (κ3) is 3.71. The van der Waals surface area contributed by atoms with Crippen LogP contribution in [0.2, 0.25) is 0 Å². The summed E-state index contributed by atoms with van der Waals surface area (Å²) in [6, 6.07) is 0. The number of carbonyl (C=O) groups excluding carboxylic acids is 4.